The number of aromatic nitrogens is 6. The molecule has 0 fully saturated rings. The zero-order chi connectivity index (χ0) is 63.8. The number of hydrogen-bond donors (Lipinski definition) is 1. The third-order valence-electron chi connectivity index (χ3n) is 17.1. The number of carbonyl (C=O) groups is 3. The first kappa shape index (κ1) is 60.8. The summed E-state index contributed by atoms with van der Waals surface area (Å²) in [7, 11) is 3.24. The van der Waals surface area contributed by atoms with Crippen LogP contribution in [0.4, 0.5) is 0 Å². The monoisotopic (exact) mass is 1220 g/mol. The molecule has 3 aromatic heterocycles. The van der Waals surface area contributed by atoms with Crippen molar-refractivity contribution in [1.82, 2.24) is 44.0 Å². The Bertz CT molecular complexity index is 4420. The van der Waals surface area contributed by atoms with Crippen LogP contribution in [-0.2, 0) is 4.74 Å². The standard InChI is InChI=1S/C71H69N9O11/c1-42(2)77-41-56(78-63(71(77)87)66(84)57(81)36-72-78)62(47-23-14-18-44(5)32-47)50-26-17-29-53(35-50)91-68-59(83)38-74-80-55(40-76(30-31-88-7)70(86)65(68)80)61(46-21-12-9-13-22-46)49-25-16-28-52(34-49)90-67-58(82)37-73-79-54(39-75(6)69(85)64(67)79)60(45-19-10-8-11-20-45)48-24-15-27-51(33-48)89-43(3)4/h8-29,32-38,42-43,54-56,60-62,84H,30-31,39-41H2,1-7H3. The van der Waals surface area contributed by atoms with E-state index in [-0.39, 0.29) is 90.9 Å². The molecule has 3 amide bonds. The number of aromatic hydroxyl groups is 1. The molecule has 91 heavy (non-hydrogen) atoms. The summed E-state index contributed by atoms with van der Waals surface area (Å²) in [5.74, 6) is -3.07. The molecule has 0 saturated carbocycles. The zero-order valence-corrected chi connectivity index (χ0v) is 51.5. The quantitative estimate of drug-likeness (QED) is 0.0796. The van der Waals surface area contributed by atoms with E-state index < -0.39 is 69.7 Å². The molecule has 6 heterocycles. The van der Waals surface area contributed by atoms with E-state index in [1.807, 2.05) is 156 Å². The van der Waals surface area contributed by atoms with E-state index in [0.717, 1.165) is 40.2 Å². The Morgan fingerprint density at radius 3 is 1.45 bits per heavy atom. The Hall–Kier alpha value is -10.5. The minimum absolute atomic E-state index is 0.0131. The number of rotatable bonds is 19. The number of benzene rings is 6. The van der Waals surface area contributed by atoms with Crippen LogP contribution in [-0.4, -0.2) is 126 Å². The summed E-state index contributed by atoms with van der Waals surface area (Å²) < 4.78 is 29.7. The van der Waals surface area contributed by atoms with Crippen LogP contribution in [0.3, 0.4) is 0 Å². The van der Waals surface area contributed by atoms with Gasteiger partial charge in [-0.2, -0.15) is 15.3 Å². The highest BCUT2D eigenvalue weighted by molar-refractivity contribution is 5.97. The second-order valence-corrected chi connectivity index (χ2v) is 23.9. The van der Waals surface area contributed by atoms with Gasteiger partial charge in [0.05, 0.1) is 49.4 Å². The molecule has 3 aliphatic rings. The predicted molar refractivity (Wildman–Crippen MR) is 340 cm³/mol. The highest BCUT2D eigenvalue weighted by Crippen LogP contribution is 2.46. The SMILES string of the molecule is COCCN1CC(C(c2ccccc2)c2cccc(Oc3c4n(ncc3=O)C(C(c3ccccc3)c3cccc(OC(C)C)c3)CN(C)C4=O)c2)n2ncc(=O)c(Oc3cccc(C(c4cccc(C)c4)C4CN(C(C)C)C(=O)c5c(O)c(=O)cnn54)c3)c2C1=O. The molecule has 6 unspecified atom stereocenters. The van der Waals surface area contributed by atoms with E-state index in [1.54, 1.807) is 74.6 Å². The number of hydrogen-bond acceptors (Lipinski definition) is 14. The van der Waals surface area contributed by atoms with E-state index in [2.05, 4.69) is 10.2 Å². The van der Waals surface area contributed by atoms with Crippen LogP contribution in [0.5, 0.6) is 34.5 Å². The number of likely N-dealkylation sites (N-methyl/N-ethyl adjacent to an activating group) is 1. The van der Waals surface area contributed by atoms with E-state index in [9.17, 15) is 29.1 Å². The number of carbonyl (C=O) groups excluding carboxylic acids is 3. The Morgan fingerprint density at radius 1 is 0.495 bits per heavy atom. The van der Waals surface area contributed by atoms with Gasteiger partial charge in [0.1, 0.15) is 17.2 Å². The average Bonchev–Trinajstić information content (AvgIpc) is 0.781. The van der Waals surface area contributed by atoms with Crippen molar-refractivity contribution in [2.75, 3.05) is 46.9 Å². The molecule has 0 spiro atoms. The molecule has 12 rings (SSSR count). The van der Waals surface area contributed by atoms with Gasteiger partial charge in [0.25, 0.3) is 17.7 Å². The van der Waals surface area contributed by atoms with Crippen molar-refractivity contribution in [2.45, 2.75) is 82.6 Å². The first-order valence-corrected chi connectivity index (χ1v) is 30.4. The minimum atomic E-state index is -0.781. The molecule has 20 heteroatoms. The van der Waals surface area contributed by atoms with Crippen molar-refractivity contribution < 1.29 is 38.4 Å². The van der Waals surface area contributed by atoms with Gasteiger partial charge >= 0.3 is 0 Å². The molecule has 20 nitrogen and oxygen atoms in total. The van der Waals surface area contributed by atoms with E-state index in [0.29, 0.717) is 16.9 Å². The van der Waals surface area contributed by atoms with Crippen molar-refractivity contribution in [3.8, 4) is 34.5 Å². The van der Waals surface area contributed by atoms with Gasteiger partial charge in [-0.15, -0.1) is 0 Å². The third-order valence-corrected chi connectivity index (χ3v) is 17.1. The van der Waals surface area contributed by atoms with E-state index in [1.165, 1.54) is 10.9 Å². The Labute approximate surface area is 525 Å². The average molecular weight is 1220 g/mol. The molecule has 3 aliphatic heterocycles. The topological polar surface area (TPSA) is 223 Å². The van der Waals surface area contributed by atoms with Crippen LogP contribution < -0.4 is 30.5 Å². The Balaban J connectivity index is 0.939. The van der Waals surface area contributed by atoms with Gasteiger partial charge < -0.3 is 38.8 Å². The molecule has 0 radical (unpaired) electrons. The maximum absolute atomic E-state index is 15.2. The van der Waals surface area contributed by atoms with Crippen LogP contribution in [0.15, 0.2) is 191 Å². The number of amides is 3. The largest absolute Gasteiger partial charge is 0.502 e. The highest BCUT2D eigenvalue weighted by Gasteiger charge is 2.44. The number of methoxy groups -OCH3 is 1. The molecule has 1 N–H and O–H groups in total. The predicted octanol–water partition coefficient (Wildman–Crippen LogP) is 9.91. The molecule has 0 saturated heterocycles. The number of fused-ring (bicyclic) bond motifs is 3. The summed E-state index contributed by atoms with van der Waals surface area (Å²) in [5.41, 5.74) is 3.49. The number of ether oxygens (including phenoxy) is 4. The Morgan fingerprint density at radius 2 is 0.934 bits per heavy atom. The second kappa shape index (κ2) is 25.6. The summed E-state index contributed by atoms with van der Waals surface area (Å²) in [6.45, 7) is 10.5. The maximum atomic E-state index is 15.2. The van der Waals surface area contributed by atoms with Crippen LogP contribution >= 0.6 is 0 Å². The molecule has 0 aliphatic carbocycles. The maximum Gasteiger partial charge on any atom is 0.276 e. The van der Waals surface area contributed by atoms with E-state index >= 15 is 4.79 Å². The van der Waals surface area contributed by atoms with Gasteiger partial charge in [-0.3, -0.25) is 42.8 Å². The van der Waals surface area contributed by atoms with Crippen molar-refractivity contribution in [2.24, 2.45) is 0 Å². The summed E-state index contributed by atoms with van der Waals surface area (Å²) in [6, 6.07) is 47.5. The molecule has 0 bridgehead atoms. The first-order chi connectivity index (χ1) is 44.0. The van der Waals surface area contributed by atoms with Crippen molar-refractivity contribution in [3.63, 3.8) is 0 Å². The van der Waals surface area contributed by atoms with Crippen LogP contribution in [0.25, 0.3) is 0 Å². The summed E-state index contributed by atoms with van der Waals surface area (Å²) >= 11 is 0. The molecule has 464 valence electrons. The molecular formula is C71H69N9O11. The fourth-order valence-electron chi connectivity index (χ4n) is 13.1. The van der Waals surface area contributed by atoms with Crippen molar-refractivity contribution in [1.29, 1.82) is 0 Å². The van der Waals surface area contributed by atoms with Gasteiger partial charge in [0, 0.05) is 64.1 Å². The van der Waals surface area contributed by atoms with Crippen molar-refractivity contribution in [3.05, 3.63) is 263 Å². The van der Waals surface area contributed by atoms with Crippen LogP contribution in [0.1, 0.15) is 134 Å². The molecule has 9 aromatic rings. The van der Waals surface area contributed by atoms with Crippen LogP contribution in [0, 0.1) is 6.92 Å². The third kappa shape index (κ3) is 11.9. The lowest BCUT2D eigenvalue weighted by Gasteiger charge is -2.41. The fourth-order valence-corrected chi connectivity index (χ4v) is 13.1. The van der Waals surface area contributed by atoms with Gasteiger partial charge in [-0.25, -0.2) is 0 Å². The second-order valence-electron chi connectivity index (χ2n) is 23.9. The lowest BCUT2D eigenvalue weighted by atomic mass is 9.83. The smallest absolute Gasteiger partial charge is 0.276 e. The molecule has 6 aromatic carbocycles. The molecular weight excluding hydrogens is 1150 g/mol. The fraction of sp³-hybridized carbons (Fsp3) is 0.282. The number of nitrogens with zero attached hydrogens (tertiary/aromatic N) is 9. The van der Waals surface area contributed by atoms with Gasteiger partial charge in [-0.1, -0.05) is 127 Å². The van der Waals surface area contributed by atoms with Crippen molar-refractivity contribution >= 4 is 17.7 Å². The van der Waals surface area contributed by atoms with E-state index in [4.69, 9.17) is 24.0 Å². The highest BCUT2D eigenvalue weighted by atomic mass is 16.5. The summed E-state index contributed by atoms with van der Waals surface area (Å²) in [6.07, 6.45) is 3.26. The molecule has 6 atom stereocenters. The van der Waals surface area contributed by atoms with Gasteiger partial charge in [-0.05, 0) is 104 Å². The Kier molecular flexibility index (Phi) is 17.1. The zero-order valence-electron chi connectivity index (χ0n) is 51.5. The number of aryl methyl sites for hydroxylation is 1. The summed E-state index contributed by atoms with van der Waals surface area (Å²) in [5, 5.41) is 25.0. The normalized spacial score (nSPS) is 17.3. The lowest BCUT2D eigenvalue weighted by Crippen LogP contribution is -2.49. The lowest BCUT2D eigenvalue weighted by molar-refractivity contribution is 0.0561. The summed E-state index contributed by atoms with van der Waals surface area (Å²) in [4.78, 5) is 90.2. The minimum Gasteiger partial charge on any atom is -0.502 e. The van der Waals surface area contributed by atoms with Crippen LogP contribution in [0.2, 0.25) is 0 Å². The van der Waals surface area contributed by atoms with Gasteiger partial charge in [0.15, 0.2) is 22.8 Å². The first-order valence-electron chi connectivity index (χ1n) is 30.4. The van der Waals surface area contributed by atoms with Gasteiger partial charge in [0.2, 0.25) is 27.8 Å².